The molecule has 106 valence electrons. The van der Waals surface area contributed by atoms with E-state index in [1.807, 2.05) is 12.1 Å². The summed E-state index contributed by atoms with van der Waals surface area (Å²) in [5, 5.41) is 13.4. The average Bonchev–Trinajstić information content (AvgIpc) is 2.88. The molecule has 0 aliphatic carbocycles. The van der Waals surface area contributed by atoms with E-state index in [0.717, 1.165) is 11.1 Å². The second kappa shape index (κ2) is 5.12. The molecule has 1 heterocycles. The maximum absolute atomic E-state index is 11.2. The summed E-state index contributed by atoms with van der Waals surface area (Å²) in [5.41, 5.74) is 2.20. The van der Waals surface area contributed by atoms with Gasteiger partial charge in [0.2, 0.25) is 0 Å². The molecule has 4 heteroatoms. The number of carboxylic acid groups (broad SMARTS) is 1. The lowest BCUT2D eigenvalue weighted by Gasteiger charge is -2.19. The Morgan fingerprint density at radius 1 is 1.30 bits per heavy atom. The summed E-state index contributed by atoms with van der Waals surface area (Å²) >= 11 is 0. The minimum atomic E-state index is -1.05. The fourth-order valence-electron chi connectivity index (χ4n) is 1.95. The lowest BCUT2D eigenvalue weighted by atomic mass is 9.99. The molecule has 2 rings (SSSR count). The van der Waals surface area contributed by atoms with Crippen molar-refractivity contribution in [2.24, 2.45) is 0 Å². The van der Waals surface area contributed by atoms with Crippen LogP contribution >= 0.6 is 0 Å². The van der Waals surface area contributed by atoms with Crippen LogP contribution in [0.5, 0.6) is 0 Å². The van der Waals surface area contributed by atoms with E-state index in [4.69, 9.17) is 0 Å². The molecular weight excluding hydrogens is 252 g/mol. The summed E-state index contributed by atoms with van der Waals surface area (Å²) in [4.78, 5) is 11.2. The first kappa shape index (κ1) is 14.3. The fraction of sp³-hybridized carbons (Fsp3) is 0.375. The molecular formula is C16H20N2O2. The summed E-state index contributed by atoms with van der Waals surface area (Å²) in [7, 11) is 0. The number of benzene rings is 1. The number of rotatable bonds is 4. The van der Waals surface area contributed by atoms with Gasteiger partial charge in [0.05, 0.1) is 6.20 Å². The average molecular weight is 272 g/mol. The number of aromatic nitrogens is 2. The van der Waals surface area contributed by atoms with Crippen molar-refractivity contribution in [1.82, 2.24) is 9.78 Å². The molecule has 0 radical (unpaired) electrons. The highest BCUT2D eigenvalue weighted by atomic mass is 16.4. The highest BCUT2D eigenvalue weighted by Crippen LogP contribution is 2.25. The van der Waals surface area contributed by atoms with E-state index in [0.29, 0.717) is 5.92 Å². The van der Waals surface area contributed by atoms with Gasteiger partial charge in [0, 0.05) is 11.8 Å². The van der Waals surface area contributed by atoms with Crippen LogP contribution in [0.3, 0.4) is 0 Å². The molecule has 2 aromatic rings. The van der Waals surface area contributed by atoms with Crippen LogP contribution in [0.15, 0.2) is 36.7 Å². The van der Waals surface area contributed by atoms with E-state index >= 15 is 0 Å². The van der Waals surface area contributed by atoms with Crippen molar-refractivity contribution in [2.75, 3.05) is 0 Å². The van der Waals surface area contributed by atoms with Gasteiger partial charge >= 0.3 is 5.97 Å². The van der Waals surface area contributed by atoms with Gasteiger partial charge in [-0.05, 0) is 30.9 Å². The molecule has 0 spiro atoms. The summed E-state index contributed by atoms with van der Waals surface area (Å²) in [5.74, 6) is -0.441. The molecule has 0 amide bonds. The fourth-order valence-corrected chi connectivity index (χ4v) is 1.95. The number of hydrogen-bond acceptors (Lipinski definition) is 2. The van der Waals surface area contributed by atoms with Crippen molar-refractivity contribution in [3.8, 4) is 11.1 Å². The first-order valence-electron chi connectivity index (χ1n) is 6.71. The van der Waals surface area contributed by atoms with Crippen LogP contribution in [-0.4, -0.2) is 20.9 Å². The molecule has 1 aromatic carbocycles. The van der Waals surface area contributed by atoms with Gasteiger partial charge in [0.1, 0.15) is 0 Å². The van der Waals surface area contributed by atoms with Crippen LogP contribution < -0.4 is 0 Å². The zero-order valence-corrected chi connectivity index (χ0v) is 12.3. The Bertz CT molecular complexity index is 627. The Morgan fingerprint density at radius 3 is 2.60 bits per heavy atom. The largest absolute Gasteiger partial charge is 0.479 e. The lowest BCUT2D eigenvalue weighted by molar-refractivity contribution is -0.146. The van der Waals surface area contributed by atoms with Gasteiger partial charge in [-0.3, -0.25) is 4.68 Å². The van der Waals surface area contributed by atoms with E-state index in [9.17, 15) is 9.90 Å². The van der Waals surface area contributed by atoms with Gasteiger partial charge in [0.15, 0.2) is 5.54 Å². The van der Waals surface area contributed by atoms with Crippen molar-refractivity contribution in [1.29, 1.82) is 0 Å². The van der Waals surface area contributed by atoms with Crippen molar-refractivity contribution in [2.45, 2.75) is 39.2 Å². The van der Waals surface area contributed by atoms with E-state index in [1.54, 1.807) is 26.2 Å². The van der Waals surface area contributed by atoms with Gasteiger partial charge in [-0.25, -0.2) is 4.79 Å². The van der Waals surface area contributed by atoms with Crippen LogP contribution in [0.25, 0.3) is 11.1 Å². The zero-order chi connectivity index (χ0) is 14.9. The number of hydrogen-bond donors (Lipinski definition) is 1. The monoisotopic (exact) mass is 272 g/mol. The molecule has 1 N–H and O–H groups in total. The molecule has 0 aliphatic rings. The van der Waals surface area contributed by atoms with Crippen LogP contribution in [0, 0.1) is 0 Å². The number of carboxylic acids is 1. The Hall–Kier alpha value is -2.10. The Labute approximate surface area is 119 Å². The molecule has 0 saturated heterocycles. The number of aliphatic carboxylic acids is 1. The molecule has 0 fully saturated rings. The minimum absolute atomic E-state index is 0.459. The van der Waals surface area contributed by atoms with Crippen LogP contribution in [0.4, 0.5) is 0 Å². The van der Waals surface area contributed by atoms with Crippen molar-refractivity contribution in [3.63, 3.8) is 0 Å². The minimum Gasteiger partial charge on any atom is -0.479 e. The van der Waals surface area contributed by atoms with Crippen molar-refractivity contribution < 1.29 is 9.90 Å². The lowest BCUT2D eigenvalue weighted by Crippen LogP contribution is -2.35. The maximum atomic E-state index is 11.2. The molecule has 20 heavy (non-hydrogen) atoms. The third-order valence-corrected chi connectivity index (χ3v) is 3.57. The topological polar surface area (TPSA) is 55.1 Å². The molecule has 0 saturated carbocycles. The molecule has 0 aliphatic heterocycles. The van der Waals surface area contributed by atoms with Crippen molar-refractivity contribution in [3.05, 3.63) is 42.2 Å². The SMILES string of the molecule is CC(C)c1cccc(-c2cnn(C(C)(C)C(=O)O)c2)c1. The third kappa shape index (κ3) is 2.59. The van der Waals surface area contributed by atoms with E-state index in [-0.39, 0.29) is 0 Å². The highest BCUT2D eigenvalue weighted by Gasteiger charge is 2.30. The first-order chi connectivity index (χ1) is 9.32. The summed E-state index contributed by atoms with van der Waals surface area (Å²) < 4.78 is 1.49. The van der Waals surface area contributed by atoms with Gasteiger partial charge in [0.25, 0.3) is 0 Å². The van der Waals surface area contributed by atoms with Gasteiger partial charge in [-0.2, -0.15) is 5.10 Å². The number of nitrogens with zero attached hydrogens (tertiary/aromatic N) is 2. The second-order valence-electron chi connectivity index (χ2n) is 5.82. The Morgan fingerprint density at radius 2 is 2.00 bits per heavy atom. The molecule has 4 nitrogen and oxygen atoms in total. The molecule has 0 bridgehead atoms. The third-order valence-electron chi connectivity index (χ3n) is 3.57. The summed E-state index contributed by atoms with van der Waals surface area (Å²) in [6.45, 7) is 7.57. The van der Waals surface area contributed by atoms with Crippen LogP contribution in [-0.2, 0) is 10.3 Å². The van der Waals surface area contributed by atoms with Gasteiger partial charge < -0.3 is 5.11 Å². The smallest absolute Gasteiger partial charge is 0.331 e. The van der Waals surface area contributed by atoms with E-state index < -0.39 is 11.5 Å². The highest BCUT2D eigenvalue weighted by molar-refractivity contribution is 5.76. The Balaban J connectivity index is 2.39. The molecule has 0 unspecified atom stereocenters. The van der Waals surface area contributed by atoms with Gasteiger partial charge in [-0.15, -0.1) is 0 Å². The second-order valence-corrected chi connectivity index (χ2v) is 5.82. The van der Waals surface area contributed by atoms with E-state index in [2.05, 4.69) is 31.1 Å². The molecule has 1 aromatic heterocycles. The summed E-state index contributed by atoms with van der Waals surface area (Å²) in [6, 6.07) is 8.25. The Kier molecular flexibility index (Phi) is 3.66. The summed E-state index contributed by atoms with van der Waals surface area (Å²) in [6.07, 6.45) is 3.50. The van der Waals surface area contributed by atoms with Crippen molar-refractivity contribution >= 4 is 5.97 Å². The maximum Gasteiger partial charge on any atom is 0.331 e. The quantitative estimate of drug-likeness (QED) is 0.926. The standard InChI is InChI=1S/C16H20N2O2/c1-11(2)12-6-5-7-13(8-12)14-9-17-18(10-14)16(3,4)15(19)20/h5-11H,1-4H3,(H,19,20). The van der Waals surface area contributed by atoms with E-state index in [1.165, 1.54) is 10.2 Å². The van der Waals surface area contributed by atoms with Crippen LogP contribution in [0.2, 0.25) is 0 Å². The van der Waals surface area contributed by atoms with Gasteiger partial charge in [-0.1, -0.05) is 38.1 Å². The zero-order valence-electron chi connectivity index (χ0n) is 12.3. The first-order valence-corrected chi connectivity index (χ1v) is 6.71. The normalized spacial score (nSPS) is 11.8. The predicted molar refractivity (Wildman–Crippen MR) is 78.7 cm³/mol. The number of carbonyl (C=O) groups is 1. The molecule has 0 atom stereocenters. The van der Waals surface area contributed by atoms with Crippen LogP contribution in [0.1, 0.15) is 39.2 Å². The predicted octanol–water partition coefficient (Wildman–Crippen LogP) is 3.49.